The molecular formula is C17H16N2O3. The summed E-state index contributed by atoms with van der Waals surface area (Å²) in [4.78, 5) is 16.0. The number of benzene rings is 2. The minimum atomic E-state index is -1.17. The van der Waals surface area contributed by atoms with E-state index in [9.17, 15) is 9.90 Å². The van der Waals surface area contributed by atoms with Crippen molar-refractivity contribution in [2.45, 2.75) is 12.5 Å². The lowest BCUT2D eigenvalue weighted by molar-refractivity contribution is -0.144. The third-order valence-electron chi connectivity index (χ3n) is 3.91. The molecule has 0 spiro atoms. The Morgan fingerprint density at radius 1 is 1.23 bits per heavy atom. The summed E-state index contributed by atoms with van der Waals surface area (Å²) in [7, 11) is 1.62. The van der Waals surface area contributed by atoms with Gasteiger partial charge in [0.05, 0.1) is 0 Å². The second-order valence-electron chi connectivity index (χ2n) is 5.25. The van der Waals surface area contributed by atoms with E-state index in [0.717, 1.165) is 5.56 Å². The highest BCUT2D eigenvalue weighted by Crippen LogP contribution is 2.28. The summed E-state index contributed by atoms with van der Waals surface area (Å²) in [5.41, 5.74) is 1.61. The molecule has 0 aliphatic rings. The molecule has 0 aliphatic carbocycles. The number of carboxylic acid groups (broad SMARTS) is 1. The van der Waals surface area contributed by atoms with Gasteiger partial charge in [-0.25, -0.2) is 9.78 Å². The lowest BCUT2D eigenvalue weighted by Crippen LogP contribution is -2.44. The Morgan fingerprint density at radius 2 is 1.95 bits per heavy atom. The summed E-state index contributed by atoms with van der Waals surface area (Å²) < 4.78 is 5.74. The summed E-state index contributed by atoms with van der Waals surface area (Å²) >= 11 is 0. The minimum Gasteiger partial charge on any atom is -0.480 e. The van der Waals surface area contributed by atoms with E-state index in [-0.39, 0.29) is 0 Å². The van der Waals surface area contributed by atoms with Crippen LogP contribution in [0.5, 0.6) is 0 Å². The topological polar surface area (TPSA) is 75.4 Å². The number of oxazole rings is 1. The van der Waals surface area contributed by atoms with Crippen LogP contribution in [0.15, 0.2) is 52.9 Å². The van der Waals surface area contributed by atoms with Gasteiger partial charge in [0.15, 0.2) is 5.58 Å². The molecule has 112 valence electrons. The predicted molar refractivity (Wildman–Crippen MR) is 83.5 cm³/mol. The molecule has 2 aromatic carbocycles. The molecule has 0 saturated carbocycles. The Bertz CT molecular complexity index is 826. The largest absolute Gasteiger partial charge is 0.480 e. The van der Waals surface area contributed by atoms with Gasteiger partial charge < -0.3 is 14.8 Å². The molecule has 0 amide bonds. The Morgan fingerprint density at radius 3 is 2.59 bits per heavy atom. The fraction of sp³-hybridized carbons (Fsp3) is 0.176. The molecule has 1 unspecified atom stereocenters. The maximum Gasteiger partial charge on any atom is 0.328 e. The van der Waals surface area contributed by atoms with Gasteiger partial charge in [-0.2, -0.15) is 0 Å². The Kier molecular flexibility index (Phi) is 3.42. The van der Waals surface area contributed by atoms with Crippen molar-refractivity contribution in [2.24, 2.45) is 0 Å². The van der Waals surface area contributed by atoms with E-state index < -0.39 is 11.5 Å². The number of aromatic nitrogens is 1. The summed E-state index contributed by atoms with van der Waals surface area (Å²) in [5, 5.41) is 12.3. The molecule has 1 heterocycles. The van der Waals surface area contributed by atoms with Crippen molar-refractivity contribution in [3.8, 4) is 11.5 Å². The standard InChI is InChI=1S/C17H16N2O3/c1-17(18-2,16(20)21)12-8-9-14-13(10-12)19-15(22-14)11-6-4-3-5-7-11/h3-10,18H,1-2H3,(H,20,21). The number of nitrogens with one attached hydrogen (secondary N) is 1. The zero-order chi connectivity index (χ0) is 15.7. The molecule has 5 nitrogen and oxygen atoms in total. The fourth-order valence-corrected chi connectivity index (χ4v) is 2.32. The molecule has 0 fully saturated rings. The summed E-state index contributed by atoms with van der Waals surface area (Å²) in [5.74, 6) is -0.421. The molecule has 0 aliphatic heterocycles. The van der Waals surface area contributed by atoms with E-state index in [1.54, 1.807) is 32.2 Å². The van der Waals surface area contributed by atoms with Crippen LogP contribution < -0.4 is 5.32 Å². The van der Waals surface area contributed by atoms with Crippen molar-refractivity contribution in [3.05, 3.63) is 54.1 Å². The first-order chi connectivity index (χ1) is 10.5. The summed E-state index contributed by atoms with van der Waals surface area (Å²) in [6.07, 6.45) is 0. The Hall–Kier alpha value is -2.66. The third-order valence-corrected chi connectivity index (χ3v) is 3.91. The molecule has 2 N–H and O–H groups in total. The zero-order valence-electron chi connectivity index (χ0n) is 12.3. The molecule has 0 saturated heterocycles. The second-order valence-corrected chi connectivity index (χ2v) is 5.25. The lowest BCUT2D eigenvalue weighted by Gasteiger charge is -2.24. The number of hydrogen-bond acceptors (Lipinski definition) is 4. The van der Waals surface area contributed by atoms with Crippen LogP contribution >= 0.6 is 0 Å². The third kappa shape index (κ3) is 2.25. The number of aliphatic carboxylic acids is 1. The number of carbonyl (C=O) groups is 1. The smallest absolute Gasteiger partial charge is 0.328 e. The summed E-state index contributed by atoms with van der Waals surface area (Å²) in [6, 6.07) is 14.8. The van der Waals surface area contributed by atoms with Gasteiger partial charge in [-0.05, 0) is 43.8 Å². The first-order valence-corrected chi connectivity index (χ1v) is 6.93. The van der Waals surface area contributed by atoms with Crippen molar-refractivity contribution in [3.63, 3.8) is 0 Å². The van der Waals surface area contributed by atoms with E-state index in [4.69, 9.17) is 4.42 Å². The van der Waals surface area contributed by atoms with E-state index in [2.05, 4.69) is 10.3 Å². The van der Waals surface area contributed by atoms with Gasteiger partial charge in [0.25, 0.3) is 0 Å². The Balaban J connectivity index is 2.10. The van der Waals surface area contributed by atoms with Crippen molar-refractivity contribution >= 4 is 17.1 Å². The molecule has 22 heavy (non-hydrogen) atoms. The van der Waals surface area contributed by atoms with Gasteiger partial charge in [-0.15, -0.1) is 0 Å². The molecular weight excluding hydrogens is 280 g/mol. The van der Waals surface area contributed by atoms with Crippen LogP contribution in [0.4, 0.5) is 0 Å². The maximum atomic E-state index is 11.5. The maximum absolute atomic E-state index is 11.5. The number of rotatable bonds is 4. The molecule has 1 aromatic heterocycles. The molecule has 3 aromatic rings. The van der Waals surface area contributed by atoms with E-state index in [1.165, 1.54) is 0 Å². The monoisotopic (exact) mass is 296 g/mol. The molecule has 0 radical (unpaired) electrons. The Labute approximate surface area is 127 Å². The summed E-state index contributed by atoms with van der Waals surface area (Å²) in [6.45, 7) is 1.62. The van der Waals surface area contributed by atoms with Crippen LogP contribution in [0.1, 0.15) is 12.5 Å². The number of nitrogens with zero attached hydrogens (tertiary/aromatic N) is 1. The first kappa shape index (κ1) is 14.3. The molecule has 0 bridgehead atoms. The van der Waals surface area contributed by atoms with Crippen LogP contribution in [-0.2, 0) is 10.3 Å². The van der Waals surface area contributed by atoms with Crippen LogP contribution in [0.2, 0.25) is 0 Å². The van der Waals surface area contributed by atoms with Crippen molar-refractivity contribution < 1.29 is 14.3 Å². The van der Waals surface area contributed by atoms with Crippen LogP contribution in [0.25, 0.3) is 22.6 Å². The van der Waals surface area contributed by atoms with E-state index in [1.807, 2.05) is 30.3 Å². The van der Waals surface area contributed by atoms with Gasteiger partial charge in [0, 0.05) is 5.56 Å². The van der Waals surface area contributed by atoms with E-state index in [0.29, 0.717) is 22.6 Å². The highest BCUT2D eigenvalue weighted by molar-refractivity contribution is 5.84. The highest BCUT2D eigenvalue weighted by atomic mass is 16.4. The number of likely N-dealkylation sites (N-methyl/N-ethyl adjacent to an activating group) is 1. The van der Waals surface area contributed by atoms with Crippen LogP contribution in [0.3, 0.4) is 0 Å². The highest BCUT2D eigenvalue weighted by Gasteiger charge is 2.33. The van der Waals surface area contributed by atoms with Gasteiger partial charge in [0.2, 0.25) is 5.89 Å². The van der Waals surface area contributed by atoms with E-state index >= 15 is 0 Å². The van der Waals surface area contributed by atoms with Gasteiger partial charge in [-0.3, -0.25) is 0 Å². The zero-order valence-corrected chi connectivity index (χ0v) is 12.3. The quantitative estimate of drug-likeness (QED) is 0.774. The minimum absolute atomic E-state index is 0.522. The van der Waals surface area contributed by atoms with Crippen molar-refractivity contribution in [2.75, 3.05) is 7.05 Å². The number of hydrogen-bond donors (Lipinski definition) is 2. The second kappa shape index (κ2) is 5.27. The van der Waals surface area contributed by atoms with Gasteiger partial charge >= 0.3 is 5.97 Å². The number of fused-ring (bicyclic) bond motifs is 1. The van der Waals surface area contributed by atoms with Gasteiger partial charge in [0.1, 0.15) is 11.1 Å². The number of carboxylic acids is 1. The SMILES string of the molecule is CNC(C)(C(=O)O)c1ccc2oc(-c3ccccc3)nc2c1. The molecule has 3 rings (SSSR count). The lowest BCUT2D eigenvalue weighted by atomic mass is 9.92. The van der Waals surface area contributed by atoms with Crippen molar-refractivity contribution in [1.82, 2.24) is 10.3 Å². The molecule has 1 atom stereocenters. The van der Waals surface area contributed by atoms with Crippen molar-refractivity contribution in [1.29, 1.82) is 0 Å². The normalized spacial score (nSPS) is 13.9. The predicted octanol–water partition coefficient (Wildman–Crippen LogP) is 3.01. The molecule has 5 heteroatoms. The van der Waals surface area contributed by atoms with Crippen LogP contribution in [-0.4, -0.2) is 23.1 Å². The first-order valence-electron chi connectivity index (χ1n) is 6.93. The van der Waals surface area contributed by atoms with Gasteiger partial charge in [-0.1, -0.05) is 24.3 Å². The average Bonchev–Trinajstić information content (AvgIpc) is 2.97. The van der Waals surface area contributed by atoms with Crippen LogP contribution in [0, 0.1) is 0 Å². The fourth-order valence-electron chi connectivity index (χ4n) is 2.32. The average molecular weight is 296 g/mol.